The molecule has 7 nitrogen and oxygen atoms in total. The van der Waals surface area contributed by atoms with Crippen molar-refractivity contribution < 1.29 is 9.90 Å². The Balaban J connectivity index is 1.58. The van der Waals surface area contributed by atoms with Gasteiger partial charge in [-0.2, -0.15) is 0 Å². The average molecular weight is 305 g/mol. The molecule has 1 aromatic carbocycles. The number of rotatable bonds is 2. The number of hydrogen-bond acceptors (Lipinski definition) is 6. The zero-order chi connectivity index (χ0) is 14.7. The van der Waals surface area contributed by atoms with E-state index in [2.05, 4.69) is 19.8 Å². The summed E-state index contributed by atoms with van der Waals surface area (Å²) in [5.41, 5.74) is 0.809. The van der Waals surface area contributed by atoms with Crippen LogP contribution in [0.1, 0.15) is 0 Å². The minimum absolute atomic E-state index is 0.141. The number of para-hydroxylation sites is 2. The molecule has 2 N–H and O–H groups in total. The number of anilines is 2. The van der Waals surface area contributed by atoms with Gasteiger partial charge in [0, 0.05) is 37.7 Å². The first kappa shape index (κ1) is 13.6. The summed E-state index contributed by atoms with van der Waals surface area (Å²) in [7, 11) is 0. The number of hydrogen-bond donors (Lipinski definition) is 2. The van der Waals surface area contributed by atoms with Crippen LogP contribution in [0, 0.1) is 0 Å². The van der Waals surface area contributed by atoms with Gasteiger partial charge in [0.2, 0.25) is 0 Å². The molecule has 1 fully saturated rings. The molecule has 0 unspecified atom stereocenters. The predicted molar refractivity (Wildman–Crippen MR) is 80.8 cm³/mol. The average Bonchev–Trinajstić information content (AvgIpc) is 3.01. The highest BCUT2D eigenvalue weighted by Gasteiger charge is 2.22. The third-order valence-corrected chi connectivity index (χ3v) is 3.96. The van der Waals surface area contributed by atoms with Crippen LogP contribution in [0.5, 0.6) is 5.75 Å². The lowest BCUT2D eigenvalue weighted by Crippen LogP contribution is -2.50. The summed E-state index contributed by atoms with van der Waals surface area (Å²) in [5.74, 6) is 0.270. The fraction of sp³-hybridized carbons (Fsp3) is 0.308. The van der Waals surface area contributed by atoms with E-state index in [1.54, 1.807) is 17.0 Å². The summed E-state index contributed by atoms with van der Waals surface area (Å²) in [4.78, 5) is 15.9. The highest BCUT2D eigenvalue weighted by molar-refractivity contribution is 7.10. The van der Waals surface area contributed by atoms with Crippen LogP contribution in [0.2, 0.25) is 0 Å². The first-order valence-electron chi connectivity index (χ1n) is 6.60. The van der Waals surface area contributed by atoms with Crippen molar-refractivity contribution >= 4 is 28.3 Å². The van der Waals surface area contributed by atoms with Crippen LogP contribution in [0.3, 0.4) is 0 Å². The molecule has 21 heavy (non-hydrogen) atoms. The number of urea groups is 1. The maximum Gasteiger partial charge on any atom is 0.322 e. The number of aromatic hydroxyl groups is 1. The maximum atomic E-state index is 12.1. The van der Waals surface area contributed by atoms with Crippen LogP contribution in [0.25, 0.3) is 0 Å². The molecular formula is C13H15N5O2S. The summed E-state index contributed by atoms with van der Waals surface area (Å²) in [6.07, 6.45) is 1.53. The van der Waals surface area contributed by atoms with Crippen LogP contribution in [0.15, 0.2) is 30.5 Å². The summed E-state index contributed by atoms with van der Waals surface area (Å²) in [6.45, 7) is 2.58. The normalized spacial score (nSPS) is 15.0. The fourth-order valence-corrected chi connectivity index (χ4v) is 2.70. The molecule has 1 aromatic heterocycles. The number of nitrogens with zero attached hydrogens (tertiary/aromatic N) is 4. The van der Waals surface area contributed by atoms with Crippen LogP contribution >= 0.6 is 11.5 Å². The molecule has 110 valence electrons. The van der Waals surface area contributed by atoms with Gasteiger partial charge in [-0.1, -0.05) is 16.6 Å². The molecule has 0 radical (unpaired) electrons. The molecule has 0 spiro atoms. The highest BCUT2D eigenvalue weighted by atomic mass is 32.1. The number of piperazine rings is 1. The van der Waals surface area contributed by atoms with Crippen molar-refractivity contribution in [3.63, 3.8) is 0 Å². The second-order valence-electron chi connectivity index (χ2n) is 4.67. The Bertz CT molecular complexity index is 611. The molecule has 2 heterocycles. The van der Waals surface area contributed by atoms with Crippen LogP contribution < -0.4 is 10.2 Å². The number of carbonyl (C=O) groups is 1. The largest absolute Gasteiger partial charge is 0.506 e. The van der Waals surface area contributed by atoms with Crippen molar-refractivity contribution in [2.24, 2.45) is 0 Å². The summed E-state index contributed by atoms with van der Waals surface area (Å²) < 4.78 is 3.70. The molecule has 3 rings (SSSR count). The molecular weight excluding hydrogens is 290 g/mol. The first-order valence-corrected chi connectivity index (χ1v) is 7.37. The summed E-state index contributed by atoms with van der Waals surface area (Å²) in [5, 5.41) is 17.0. The van der Waals surface area contributed by atoms with Gasteiger partial charge >= 0.3 is 6.03 Å². The zero-order valence-corrected chi connectivity index (χ0v) is 12.1. The zero-order valence-electron chi connectivity index (χ0n) is 11.3. The van der Waals surface area contributed by atoms with E-state index < -0.39 is 0 Å². The topological polar surface area (TPSA) is 81.6 Å². The molecule has 0 atom stereocenters. The van der Waals surface area contributed by atoms with Crippen molar-refractivity contribution in [1.82, 2.24) is 14.5 Å². The van der Waals surface area contributed by atoms with E-state index in [0.29, 0.717) is 31.2 Å². The van der Waals surface area contributed by atoms with Crippen LogP contribution in [0.4, 0.5) is 15.5 Å². The van der Waals surface area contributed by atoms with Gasteiger partial charge in [-0.25, -0.2) is 4.79 Å². The summed E-state index contributed by atoms with van der Waals surface area (Å²) >= 11 is 1.15. The summed E-state index contributed by atoms with van der Waals surface area (Å²) in [6, 6.07) is 7.11. The van der Waals surface area contributed by atoms with Crippen molar-refractivity contribution in [3.8, 4) is 5.75 Å². The predicted octanol–water partition coefficient (Wildman–Crippen LogP) is 1.60. The lowest BCUT2D eigenvalue weighted by Gasteiger charge is -2.36. The van der Waals surface area contributed by atoms with Gasteiger partial charge in [0.25, 0.3) is 0 Å². The SMILES string of the molecule is O=C(Nc1cnns1)N1CCN(c2ccccc2O)CC1. The standard InChI is InChI=1S/C13H15N5O2S/c19-11-4-2-1-3-10(11)17-5-7-18(8-6-17)13(20)15-12-9-14-16-21-12/h1-4,9,19H,5-8H2,(H,15,20). The van der Waals surface area contributed by atoms with E-state index >= 15 is 0 Å². The molecule has 1 aliphatic rings. The van der Waals surface area contributed by atoms with Gasteiger partial charge in [0.05, 0.1) is 11.9 Å². The number of benzene rings is 1. The lowest BCUT2D eigenvalue weighted by atomic mass is 10.2. The quantitative estimate of drug-likeness (QED) is 0.880. The first-order chi connectivity index (χ1) is 10.2. The van der Waals surface area contributed by atoms with Crippen molar-refractivity contribution in [2.45, 2.75) is 0 Å². The Morgan fingerprint density at radius 3 is 2.67 bits per heavy atom. The van der Waals surface area contributed by atoms with Crippen molar-refractivity contribution in [1.29, 1.82) is 0 Å². The number of aromatic nitrogens is 2. The number of nitrogens with one attached hydrogen (secondary N) is 1. The Labute approximate surface area is 126 Å². The Morgan fingerprint density at radius 2 is 2.00 bits per heavy atom. The molecule has 1 saturated heterocycles. The van der Waals surface area contributed by atoms with E-state index in [1.807, 2.05) is 12.1 Å². The molecule has 0 aliphatic carbocycles. The number of carbonyl (C=O) groups excluding carboxylic acids is 1. The molecule has 0 bridgehead atoms. The highest BCUT2D eigenvalue weighted by Crippen LogP contribution is 2.27. The monoisotopic (exact) mass is 305 g/mol. The number of phenolic OH excluding ortho intramolecular Hbond substituents is 1. The smallest absolute Gasteiger partial charge is 0.322 e. The third-order valence-electron chi connectivity index (χ3n) is 3.38. The fourth-order valence-electron chi connectivity index (χ4n) is 2.29. The van der Waals surface area contributed by atoms with E-state index in [1.165, 1.54) is 6.20 Å². The number of amides is 2. The Kier molecular flexibility index (Phi) is 3.87. The van der Waals surface area contributed by atoms with E-state index in [-0.39, 0.29) is 11.8 Å². The molecule has 1 aliphatic heterocycles. The third kappa shape index (κ3) is 3.05. The number of phenols is 1. The minimum Gasteiger partial charge on any atom is -0.506 e. The Morgan fingerprint density at radius 1 is 1.24 bits per heavy atom. The van der Waals surface area contributed by atoms with Gasteiger partial charge in [-0.3, -0.25) is 5.32 Å². The van der Waals surface area contributed by atoms with E-state index in [9.17, 15) is 9.90 Å². The van der Waals surface area contributed by atoms with Gasteiger partial charge in [0.15, 0.2) is 0 Å². The van der Waals surface area contributed by atoms with Crippen LogP contribution in [-0.4, -0.2) is 51.8 Å². The van der Waals surface area contributed by atoms with Crippen molar-refractivity contribution in [3.05, 3.63) is 30.5 Å². The van der Waals surface area contributed by atoms with E-state index in [4.69, 9.17) is 0 Å². The second kappa shape index (κ2) is 5.96. The van der Waals surface area contributed by atoms with Gasteiger partial charge in [0.1, 0.15) is 10.8 Å². The maximum absolute atomic E-state index is 12.1. The lowest BCUT2D eigenvalue weighted by molar-refractivity contribution is 0.208. The molecule has 8 heteroatoms. The van der Waals surface area contributed by atoms with Gasteiger partial charge in [-0.05, 0) is 12.1 Å². The molecule has 0 saturated carbocycles. The molecule has 2 amide bonds. The second-order valence-corrected chi connectivity index (χ2v) is 5.46. The van der Waals surface area contributed by atoms with Crippen molar-refractivity contribution in [2.75, 3.05) is 36.4 Å². The van der Waals surface area contributed by atoms with Gasteiger partial charge < -0.3 is 14.9 Å². The van der Waals surface area contributed by atoms with Gasteiger partial charge in [-0.15, -0.1) is 5.10 Å². The van der Waals surface area contributed by atoms with Crippen LogP contribution in [-0.2, 0) is 0 Å². The minimum atomic E-state index is -0.141. The Hall–Kier alpha value is -2.35. The molecule has 2 aromatic rings. The van der Waals surface area contributed by atoms with E-state index in [0.717, 1.165) is 17.2 Å².